The Hall–Kier alpha value is 0.200. The van der Waals surface area contributed by atoms with Crippen LogP contribution in [0.1, 0.15) is 40.0 Å². The van der Waals surface area contributed by atoms with E-state index >= 15 is 0 Å². The van der Waals surface area contributed by atoms with Crippen LogP contribution in [-0.4, -0.2) is 37.4 Å². The fourth-order valence-corrected chi connectivity index (χ4v) is 4.59. The van der Waals surface area contributed by atoms with E-state index < -0.39 is 10.0 Å². The van der Waals surface area contributed by atoms with E-state index in [1.807, 2.05) is 6.92 Å². The largest absolute Gasteiger partial charge is 0.214 e. The third-order valence-electron chi connectivity index (χ3n) is 4.06. The highest BCUT2D eigenvalue weighted by molar-refractivity contribution is 7.89. The monoisotopic (exact) mass is 281 g/mol. The van der Waals surface area contributed by atoms with Crippen LogP contribution in [0.15, 0.2) is 0 Å². The molecule has 1 aliphatic heterocycles. The predicted octanol–water partition coefficient (Wildman–Crippen LogP) is 2.70. The van der Waals surface area contributed by atoms with E-state index in [2.05, 4.69) is 13.8 Å². The van der Waals surface area contributed by atoms with E-state index in [9.17, 15) is 8.42 Å². The van der Waals surface area contributed by atoms with E-state index in [0.717, 1.165) is 19.3 Å². The van der Waals surface area contributed by atoms with Gasteiger partial charge in [-0.25, -0.2) is 12.7 Å². The van der Waals surface area contributed by atoms with Crippen LogP contribution >= 0.6 is 11.6 Å². The highest BCUT2D eigenvalue weighted by Crippen LogP contribution is 2.38. The molecule has 0 aromatic heterocycles. The molecule has 0 radical (unpaired) electrons. The molecular weight excluding hydrogens is 258 g/mol. The first-order valence-electron chi connectivity index (χ1n) is 6.43. The lowest BCUT2D eigenvalue weighted by Crippen LogP contribution is -2.35. The van der Waals surface area contributed by atoms with Gasteiger partial charge in [0.2, 0.25) is 10.0 Å². The molecule has 17 heavy (non-hydrogen) atoms. The minimum absolute atomic E-state index is 0.0277. The first-order chi connectivity index (χ1) is 7.89. The summed E-state index contributed by atoms with van der Waals surface area (Å²) in [5, 5.41) is 0. The van der Waals surface area contributed by atoms with Gasteiger partial charge in [0, 0.05) is 19.0 Å². The van der Waals surface area contributed by atoms with Crippen molar-refractivity contribution in [1.82, 2.24) is 4.31 Å². The van der Waals surface area contributed by atoms with Gasteiger partial charge in [-0.3, -0.25) is 0 Å². The summed E-state index contributed by atoms with van der Waals surface area (Å²) >= 11 is 5.69. The Balaban J connectivity index is 2.70. The fourth-order valence-electron chi connectivity index (χ4n) is 2.47. The van der Waals surface area contributed by atoms with Crippen molar-refractivity contribution in [2.45, 2.75) is 40.0 Å². The summed E-state index contributed by atoms with van der Waals surface area (Å²) in [5.41, 5.74) is 0.206. The lowest BCUT2D eigenvalue weighted by atomic mass is 9.82. The van der Waals surface area contributed by atoms with Gasteiger partial charge in [0.1, 0.15) is 0 Å². The van der Waals surface area contributed by atoms with Crippen molar-refractivity contribution in [2.75, 3.05) is 24.7 Å². The maximum absolute atomic E-state index is 12.2. The maximum atomic E-state index is 12.2. The van der Waals surface area contributed by atoms with Crippen LogP contribution in [0, 0.1) is 11.3 Å². The second-order valence-corrected chi connectivity index (χ2v) is 7.65. The van der Waals surface area contributed by atoms with Crippen LogP contribution in [0.5, 0.6) is 0 Å². The molecule has 102 valence electrons. The molecule has 0 bridgehead atoms. The van der Waals surface area contributed by atoms with Gasteiger partial charge in [-0.2, -0.15) is 0 Å². The van der Waals surface area contributed by atoms with Gasteiger partial charge >= 0.3 is 0 Å². The Labute approximate surface area is 111 Å². The molecular formula is C12H24ClNO2S. The first kappa shape index (κ1) is 15.3. The smallest absolute Gasteiger partial charge is 0.212 e. The Bertz CT molecular complexity index is 338. The maximum Gasteiger partial charge on any atom is 0.214 e. The van der Waals surface area contributed by atoms with Crippen molar-refractivity contribution in [3.05, 3.63) is 0 Å². The van der Waals surface area contributed by atoms with Gasteiger partial charge in [-0.05, 0) is 30.6 Å². The molecule has 0 aromatic rings. The molecule has 3 nitrogen and oxygen atoms in total. The summed E-state index contributed by atoms with van der Waals surface area (Å²) in [5.74, 6) is 0.611. The number of halogens is 1. The lowest BCUT2D eigenvalue weighted by Gasteiger charge is -2.26. The van der Waals surface area contributed by atoms with Crippen molar-refractivity contribution >= 4 is 21.6 Å². The Morgan fingerprint density at radius 3 is 2.35 bits per heavy atom. The molecule has 1 unspecified atom stereocenters. The molecule has 0 amide bonds. The molecule has 1 fully saturated rings. The zero-order chi connectivity index (χ0) is 13.1. The van der Waals surface area contributed by atoms with Gasteiger partial charge in [-0.15, -0.1) is 11.6 Å². The summed E-state index contributed by atoms with van der Waals surface area (Å²) < 4.78 is 26.0. The normalized spacial score (nSPS) is 22.8. The number of hydrogen-bond acceptors (Lipinski definition) is 2. The van der Waals surface area contributed by atoms with Crippen molar-refractivity contribution in [2.24, 2.45) is 11.3 Å². The Morgan fingerprint density at radius 1 is 1.35 bits per heavy atom. The minimum Gasteiger partial charge on any atom is -0.212 e. The van der Waals surface area contributed by atoms with Gasteiger partial charge in [0.15, 0.2) is 0 Å². The van der Waals surface area contributed by atoms with Crippen molar-refractivity contribution in [1.29, 1.82) is 0 Å². The average molecular weight is 282 g/mol. The van der Waals surface area contributed by atoms with Crippen LogP contribution in [0.2, 0.25) is 0 Å². The fraction of sp³-hybridized carbons (Fsp3) is 1.00. The Kier molecular flexibility index (Phi) is 5.29. The molecule has 5 heteroatoms. The lowest BCUT2D eigenvalue weighted by molar-refractivity contribution is 0.279. The second-order valence-electron chi connectivity index (χ2n) is 5.33. The van der Waals surface area contributed by atoms with Crippen LogP contribution < -0.4 is 0 Å². The summed E-state index contributed by atoms with van der Waals surface area (Å²) in [7, 11) is -3.11. The molecule has 1 saturated heterocycles. The summed E-state index contributed by atoms with van der Waals surface area (Å²) in [6, 6.07) is 0. The molecule has 1 atom stereocenters. The van der Waals surface area contributed by atoms with Gasteiger partial charge < -0.3 is 0 Å². The van der Waals surface area contributed by atoms with Crippen molar-refractivity contribution < 1.29 is 8.42 Å². The highest BCUT2D eigenvalue weighted by atomic mass is 35.5. The third-order valence-corrected chi connectivity index (χ3v) is 6.67. The minimum atomic E-state index is -3.11. The number of rotatable bonds is 6. The molecule has 1 aliphatic rings. The second kappa shape index (κ2) is 5.89. The Morgan fingerprint density at radius 2 is 1.94 bits per heavy atom. The SMILES string of the molecule is CCC1(CC)CCN(S(=O)(=O)CC(C)CCl)C1. The predicted molar refractivity (Wildman–Crippen MR) is 72.9 cm³/mol. The van der Waals surface area contributed by atoms with Crippen LogP contribution in [0.4, 0.5) is 0 Å². The number of nitrogens with zero attached hydrogens (tertiary/aromatic N) is 1. The van der Waals surface area contributed by atoms with E-state index in [1.54, 1.807) is 4.31 Å². The summed E-state index contributed by atoms with van der Waals surface area (Å²) in [6.07, 6.45) is 3.11. The number of alkyl halides is 1. The van der Waals surface area contributed by atoms with E-state index in [0.29, 0.717) is 19.0 Å². The van der Waals surface area contributed by atoms with Crippen molar-refractivity contribution in [3.8, 4) is 0 Å². The molecule has 0 saturated carbocycles. The van der Waals surface area contributed by atoms with E-state index in [1.165, 1.54) is 0 Å². The van der Waals surface area contributed by atoms with Gasteiger partial charge in [0.25, 0.3) is 0 Å². The van der Waals surface area contributed by atoms with Crippen molar-refractivity contribution in [3.63, 3.8) is 0 Å². The van der Waals surface area contributed by atoms with Gasteiger partial charge in [-0.1, -0.05) is 20.8 Å². The molecule has 1 rings (SSSR count). The molecule has 1 heterocycles. The zero-order valence-corrected chi connectivity index (χ0v) is 12.6. The summed E-state index contributed by atoms with van der Waals surface area (Å²) in [6.45, 7) is 7.56. The summed E-state index contributed by atoms with van der Waals surface area (Å²) in [4.78, 5) is 0. The molecule has 0 aliphatic carbocycles. The zero-order valence-electron chi connectivity index (χ0n) is 11.1. The van der Waals surface area contributed by atoms with E-state index in [-0.39, 0.29) is 17.1 Å². The first-order valence-corrected chi connectivity index (χ1v) is 8.57. The topological polar surface area (TPSA) is 37.4 Å². The molecule has 0 N–H and O–H groups in total. The van der Waals surface area contributed by atoms with Crippen LogP contribution in [0.3, 0.4) is 0 Å². The average Bonchev–Trinajstić information content (AvgIpc) is 2.74. The van der Waals surface area contributed by atoms with Crippen LogP contribution in [-0.2, 0) is 10.0 Å². The van der Waals surface area contributed by atoms with Gasteiger partial charge in [0.05, 0.1) is 5.75 Å². The third kappa shape index (κ3) is 3.58. The number of hydrogen-bond donors (Lipinski definition) is 0. The van der Waals surface area contributed by atoms with E-state index in [4.69, 9.17) is 11.6 Å². The quantitative estimate of drug-likeness (QED) is 0.702. The molecule has 0 spiro atoms. The standard InChI is InChI=1S/C12H24ClNO2S/c1-4-12(5-2)6-7-14(10-12)17(15,16)9-11(3)8-13/h11H,4-10H2,1-3H3. The molecule has 0 aromatic carbocycles. The number of sulfonamides is 1. The highest BCUT2D eigenvalue weighted by Gasteiger charge is 2.40. The van der Waals surface area contributed by atoms with Crippen LogP contribution in [0.25, 0.3) is 0 Å².